The van der Waals surface area contributed by atoms with Gasteiger partial charge in [0.05, 0.1) is 11.2 Å². The van der Waals surface area contributed by atoms with Gasteiger partial charge in [0, 0.05) is 20.6 Å². The van der Waals surface area contributed by atoms with E-state index >= 15 is 0 Å². The zero-order valence-corrected chi connectivity index (χ0v) is 14.9. The van der Waals surface area contributed by atoms with Gasteiger partial charge in [0.1, 0.15) is 10.9 Å². The monoisotopic (exact) mass is 349 g/mol. The number of fused-ring (bicyclic) bond motifs is 3. The average molecular weight is 349 g/mol. The van der Waals surface area contributed by atoms with E-state index in [0.717, 1.165) is 34.3 Å². The second kappa shape index (κ2) is 5.94. The van der Waals surface area contributed by atoms with Crippen LogP contribution in [0.1, 0.15) is 13.3 Å². The Hall–Kier alpha value is -3.22. The molecule has 4 rings (SSSR count). The molecule has 0 spiro atoms. The standard InChI is InChI=1S/C19H19N5O2/c1-4-10-24-14(12-8-6-5-7-9-12)11-13-16(24)15-17(21-20-13)22(2)19(26)23(3)18(15)25/h5-9,11H,4,10H2,1-3H3. The smallest absolute Gasteiger partial charge is 0.332 e. The molecule has 1 aromatic carbocycles. The number of rotatable bonds is 3. The molecule has 0 saturated heterocycles. The molecule has 0 aliphatic heterocycles. The molecule has 0 saturated carbocycles. The van der Waals surface area contributed by atoms with E-state index in [2.05, 4.69) is 21.7 Å². The third kappa shape index (κ3) is 2.20. The summed E-state index contributed by atoms with van der Waals surface area (Å²) in [6, 6.07) is 12.0. The highest BCUT2D eigenvalue weighted by Crippen LogP contribution is 2.29. The Morgan fingerprint density at radius 2 is 1.73 bits per heavy atom. The van der Waals surface area contributed by atoms with Crippen molar-refractivity contribution in [2.24, 2.45) is 14.1 Å². The van der Waals surface area contributed by atoms with Crippen LogP contribution in [0.4, 0.5) is 0 Å². The summed E-state index contributed by atoms with van der Waals surface area (Å²) in [4.78, 5) is 25.1. The molecular weight excluding hydrogens is 330 g/mol. The summed E-state index contributed by atoms with van der Waals surface area (Å²) in [7, 11) is 3.09. The first kappa shape index (κ1) is 16.3. The molecule has 0 atom stereocenters. The molecule has 0 fully saturated rings. The number of aryl methyl sites for hydroxylation is 2. The van der Waals surface area contributed by atoms with Crippen molar-refractivity contribution in [3.8, 4) is 11.3 Å². The summed E-state index contributed by atoms with van der Waals surface area (Å²) in [5, 5.41) is 8.88. The Bertz CT molecular complexity index is 1250. The molecule has 0 N–H and O–H groups in total. The van der Waals surface area contributed by atoms with Crippen LogP contribution in [-0.4, -0.2) is 23.9 Å². The van der Waals surface area contributed by atoms with E-state index in [9.17, 15) is 9.59 Å². The van der Waals surface area contributed by atoms with E-state index in [-0.39, 0.29) is 5.56 Å². The first-order valence-electron chi connectivity index (χ1n) is 8.55. The van der Waals surface area contributed by atoms with Gasteiger partial charge in [-0.3, -0.25) is 13.9 Å². The maximum Gasteiger partial charge on any atom is 0.332 e. The lowest BCUT2D eigenvalue weighted by Crippen LogP contribution is -2.37. The third-order valence-electron chi connectivity index (χ3n) is 4.72. The average Bonchev–Trinajstić information content (AvgIpc) is 3.03. The second-order valence-electron chi connectivity index (χ2n) is 6.39. The maximum absolute atomic E-state index is 12.9. The highest BCUT2D eigenvalue weighted by atomic mass is 16.2. The van der Waals surface area contributed by atoms with E-state index in [1.165, 1.54) is 11.6 Å². The van der Waals surface area contributed by atoms with Crippen molar-refractivity contribution >= 4 is 22.1 Å². The highest BCUT2D eigenvalue weighted by molar-refractivity contribution is 6.02. The molecule has 3 heterocycles. The predicted molar refractivity (Wildman–Crippen MR) is 101 cm³/mol. The summed E-state index contributed by atoms with van der Waals surface area (Å²) in [6.07, 6.45) is 0.902. The lowest BCUT2D eigenvalue weighted by Gasteiger charge is -2.12. The number of nitrogens with zero attached hydrogens (tertiary/aromatic N) is 5. The normalized spacial score (nSPS) is 11.5. The molecule has 132 valence electrons. The third-order valence-corrected chi connectivity index (χ3v) is 4.72. The SMILES string of the molecule is CCCn1c(-c2ccccc2)cc2nnc3c(c(=O)n(C)c(=O)n3C)c21. The van der Waals surface area contributed by atoms with Gasteiger partial charge in [-0.15, -0.1) is 10.2 Å². The zero-order chi connectivity index (χ0) is 18.4. The van der Waals surface area contributed by atoms with Gasteiger partial charge in [0.25, 0.3) is 5.56 Å². The van der Waals surface area contributed by atoms with Crippen LogP contribution >= 0.6 is 0 Å². The van der Waals surface area contributed by atoms with Crippen molar-refractivity contribution in [3.63, 3.8) is 0 Å². The molecule has 26 heavy (non-hydrogen) atoms. The van der Waals surface area contributed by atoms with Crippen LogP contribution in [0.5, 0.6) is 0 Å². The minimum Gasteiger partial charge on any atom is -0.338 e. The van der Waals surface area contributed by atoms with E-state index in [4.69, 9.17) is 0 Å². The molecule has 3 aromatic heterocycles. The molecule has 0 aliphatic carbocycles. The van der Waals surface area contributed by atoms with E-state index < -0.39 is 5.69 Å². The highest BCUT2D eigenvalue weighted by Gasteiger charge is 2.19. The first-order valence-corrected chi connectivity index (χ1v) is 8.55. The summed E-state index contributed by atoms with van der Waals surface area (Å²) in [5.74, 6) is 0. The summed E-state index contributed by atoms with van der Waals surface area (Å²) >= 11 is 0. The second-order valence-corrected chi connectivity index (χ2v) is 6.39. The van der Waals surface area contributed by atoms with Crippen LogP contribution in [0, 0.1) is 0 Å². The quantitative estimate of drug-likeness (QED) is 0.567. The van der Waals surface area contributed by atoms with Gasteiger partial charge in [-0.2, -0.15) is 0 Å². The van der Waals surface area contributed by atoms with Crippen LogP contribution in [0.25, 0.3) is 33.3 Å². The van der Waals surface area contributed by atoms with Gasteiger partial charge in [0.2, 0.25) is 0 Å². The van der Waals surface area contributed by atoms with Crippen molar-refractivity contribution in [1.29, 1.82) is 0 Å². The molecule has 4 aromatic rings. The Kier molecular flexibility index (Phi) is 3.72. The lowest BCUT2D eigenvalue weighted by molar-refractivity contribution is 0.696. The lowest BCUT2D eigenvalue weighted by atomic mass is 10.1. The number of benzene rings is 1. The van der Waals surface area contributed by atoms with Crippen LogP contribution in [0.3, 0.4) is 0 Å². The molecule has 7 heteroatoms. The van der Waals surface area contributed by atoms with Gasteiger partial charge >= 0.3 is 5.69 Å². The molecule has 0 aliphatic rings. The van der Waals surface area contributed by atoms with Gasteiger partial charge in [0.15, 0.2) is 5.65 Å². The van der Waals surface area contributed by atoms with Crippen LogP contribution in [-0.2, 0) is 20.6 Å². The summed E-state index contributed by atoms with van der Waals surface area (Å²) in [6.45, 7) is 2.83. The molecular formula is C19H19N5O2. The minimum atomic E-state index is -0.409. The van der Waals surface area contributed by atoms with E-state index in [1.807, 2.05) is 36.4 Å². The van der Waals surface area contributed by atoms with Crippen LogP contribution < -0.4 is 11.2 Å². The van der Waals surface area contributed by atoms with E-state index in [0.29, 0.717) is 16.6 Å². The molecule has 0 bridgehead atoms. The Morgan fingerprint density at radius 1 is 1.00 bits per heavy atom. The van der Waals surface area contributed by atoms with Gasteiger partial charge in [-0.05, 0) is 18.1 Å². The topological polar surface area (TPSA) is 74.7 Å². The van der Waals surface area contributed by atoms with Crippen LogP contribution in [0.2, 0.25) is 0 Å². The fourth-order valence-electron chi connectivity index (χ4n) is 3.44. The summed E-state index contributed by atoms with van der Waals surface area (Å²) < 4.78 is 4.59. The Morgan fingerprint density at radius 3 is 2.42 bits per heavy atom. The molecule has 7 nitrogen and oxygen atoms in total. The largest absolute Gasteiger partial charge is 0.338 e. The molecule has 0 amide bonds. The van der Waals surface area contributed by atoms with Crippen molar-refractivity contribution in [2.45, 2.75) is 19.9 Å². The first-order chi connectivity index (χ1) is 12.5. The maximum atomic E-state index is 12.9. The number of aromatic nitrogens is 5. The minimum absolute atomic E-state index is 0.306. The van der Waals surface area contributed by atoms with Gasteiger partial charge < -0.3 is 4.57 Å². The number of hydrogen-bond donors (Lipinski definition) is 0. The van der Waals surface area contributed by atoms with Gasteiger partial charge in [-0.25, -0.2) is 4.79 Å². The predicted octanol–water partition coefficient (Wildman–Crippen LogP) is 2.06. The van der Waals surface area contributed by atoms with Crippen molar-refractivity contribution < 1.29 is 0 Å². The Labute approximate surface area is 149 Å². The molecule has 0 unspecified atom stereocenters. The fraction of sp³-hybridized carbons (Fsp3) is 0.263. The van der Waals surface area contributed by atoms with E-state index in [1.54, 1.807) is 7.05 Å². The number of hydrogen-bond acceptors (Lipinski definition) is 4. The van der Waals surface area contributed by atoms with Crippen molar-refractivity contribution in [2.75, 3.05) is 0 Å². The molecule has 0 radical (unpaired) electrons. The van der Waals surface area contributed by atoms with Gasteiger partial charge in [-0.1, -0.05) is 37.3 Å². The van der Waals surface area contributed by atoms with Crippen LogP contribution in [0.15, 0.2) is 46.0 Å². The zero-order valence-electron chi connectivity index (χ0n) is 14.9. The summed E-state index contributed by atoms with van der Waals surface area (Å²) in [5.41, 5.74) is 2.97. The fourth-order valence-corrected chi connectivity index (χ4v) is 3.44. The van der Waals surface area contributed by atoms with Crippen molar-refractivity contribution in [1.82, 2.24) is 23.9 Å². The Balaban J connectivity index is 2.23. The van der Waals surface area contributed by atoms with Crippen molar-refractivity contribution in [3.05, 3.63) is 57.2 Å².